The average molecular weight is 315 g/mol. The fourth-order valence-electron chi connectivity index (χ4n) is 1.57. The lowest BCUT2D eigenvalue weighted by Gasteiger charge is -2.09. The van der Waals surface area contributed by atoms with Gasteiger partial charge in [-0.25, -0.2) is 9.78 Å². The molecule has 0 saturated heterocycles. The van der Waals surface area contributed by atoms with Crippen LogP contribution in [-0.4, -0.2) is 22.0 Å². The second-order valence-corrected chi connectivity index (χ2v) is 5.47. The highest BCUT2D eigenvalue weighted by Crippen LogP contribution is 2.24. The summed E-state index contributed by atoms with van der Waals surface area (Å²) in [6.07, 6.45) is 0. The summed E-state index contributed by atoms with van der Waals surface area (Å²) in [6.45, 7) is 3.33. The first-order valence-electron chi connectivity index (χ1n) is 5.65. The number of rotatable bonds is 4. The largest absolute Gasteiger partial charge is 0.477 e. The summed E-state index contributed by atoms with van der Waals surface area (Å²) in [5, 5.41) is 12.3. The number of furan rings is 1. The maximum absolute atomic E-state index is 11.9. The Morgan fingerprint density at radius 1 is 1.50 bits per heavy atom. The summed E-state index contributed by atoms with van der Waals surface area (Å²) < 4.78 is 4.99. The van der Waals surface area contributed by atoms with Crippen LogP contribution in [0.4, 0.5) is 0 Å². The quantitative estimate of drug-likeness (QED) is 0.905. The standard InChI is InChI=1S/C12H11ClN2O4S/c1-5-9(12(17)18)20-11(15-5)6(2)14-10(16)7-3-4-8(13)19-7/h3-4,6H,1-2H3,(H,14,16)(H,17,18). The van der Waals surface area contributed by atoms with Crippen molar-refractivity contribution in [3.8, 4) is 0 Å². The van der Waals surface area contributed by atoms with Crippen LogP contribution in [0.5, 0.6) is 0 Å². The molecule has 2 heterocycles. The molecule has 2 aromatic rings. The lowest BCUT2D eigenvalue weighted by molar-refractivity contribution is 0.0701. The summed E-state index contributed by atoms with van der Waals surface area (Å²) in [5.74, 6) is -1.37. The van der Waals surface area contributed by atoms with Crippen molar-refractivity contribution in [3.05, 3.63) is 38.7 Å². The second kappa shape index (κ2) is 5.64. The zero-order valence-corrected chi connectivity index (χ0v) is 12.2. The number of aromatic carboxylic acids is 1. The van der Waals surface area contributed by atoms with E-state index in [9.17, 15) is 9.59 Å². The van der Waals surface area contributed by atoms with Crippen molar-refractivity contribution in [3.63, 3.8) is 0 Å². The number of hydrogen-bond donors (Lipinski definition) is 2. The van der Waals surface area contributed by atoms with Gasteiger partial charge in [0, 0.05) is 0 Å². The smallest absolute Gasteiger partial charge is 0.347 e. The zero-order valence-electron chi connectivity index (χ0n) is 10.6. The van der Waals surface area contributed by atoms with E-state index in [0.717, 1.165) is 11.3 Å². The zero-order chi connectivity index (χ0) is 14.9. The number of aromatic nitrogens is 1. The van der Waals surface area contributed by atoms with Gasteiger partial charge in [0.25, 0.3) is 5.91 Å². The summed E-state index contributed by atoms with van der Waals surface area (Å²) in [7, 11) is 0. The van der Waals surface area contributed by atoms with Crippen molar-refractivity contribution in [2.45, 2.75) is 19.9 Å². The molecule has 8 heteroatoms. The van der Waals surface area contributed by atoms with Crippen molar-refractivity contribution in [2.75, 3.05) is 0 Å². The molecule has 2 aromatic heterocycles. The Morgan fingerprint density at radius 2 is 2.20 bits per heavy atom. The van der Waals surface area contributed by atoms with Gasteiger partial charge in [-0.3, -0.25) is 4.79 Å². The molecule has 0 spiro atoms. The molecule has 1 atom stereocenters. The second-order valence-electron chi connectivity index (χ2n) is 4.07. The van der Waals surface area contributed by atoms with Crippen molar-refractivity contribution < 1.29 is 19.1 Å². The van der Waals surface area contributed by atoms with E-state index in [-0.39, 0.29) is 15.9 Å². The Balaban J connectivity index is 2.12. The van der Waals surface area contributed by atoms with E-state index in [1.807, 2.05) is 0 Å². The average Bonchev–Trinajstić information content (AvgIpc) is 2.95. The van der Waals surface area contributed by atoms with E-state index in [1.54, 1.807) is 13.8 Å². The molecule has 6 nitrogen and oxygen atoms in total. The number of halogens is 1. The first-order chi connectivity index (χ1) is 9.38. The topological polar surface area (TPSA) is 92.4 Å². The molecule has 0 bridgehead atoms. The predicted octanol–water partition coefficient (Wildman–Crippen LogP) is 2.89. The third-order valence-corrected chi connectivity index (χ3v) is 4.05. The number of carbonyl (C=O) groups is 2. The number of nitrogens with one attached hydrogen (secondary N) is 1. The van der Waals surface area contributed by atoms with Gasteiger partial charge in [0.1, 0.15) is 9.88 Å². The van der Waals surface area contributed by atoms with E-state index in [0.29, 0.717) is 10.7 Å². The van der Waals surface area contributed by atoms with E-state index in [4.69, 9.17) is 21.1 Å². The molecule has 1 amide bonds. The van der Waals surface area contributed by atoms with Crippen LogP contribution in [0, 0.1) is 6.92 Å². The Labute approximate surface area is 123 Å². The van der Waals surface area contributed by atoms with Crippen LogP contribution in [-0.2, 0) is 0 Å². The molecule has 0 aliphatic heterocycles. The number of carboxylic acid groups (broad SMARTS) is 1. The molecule has 0 fully saturated rings. The fraction of sp³-hybridized carbons (Fsp3) is 0.250. The maximum atomic E-state index is 11.9. The van der Waals surface area contributed by atoms with Gasteiger partial charge >= 0.3 is 5.97 Å². The van der Waals surface area contributed by atoms with Crippen LogP contribution in [0.15, 0.2) is 16.5 Å². The third kappa shape index (κ3) is 3.00. The van der Waals surface area contributed by atoms with Gasteiger partial charge in [-0.15, -0.1) is 11.3 Å². The Hall–Kier alpha value is -1.86. The number of nitrogens with zero attached hydrogens (tertiary/aromatic N) is 1. The van der Waals surface area contributed by atoms with E-state index in [1.165, 1.54) is 12.1 Å². The molecule has 0 saturated carbocycles. The van der Waals surface area contributed by atoms with Crippen LogP contribution in [0.1, 0.15) is 43.9 Å². The van der Waals surface area contributed by atoms with Gasteiger partial charge in [-0.05, 0) is 37.6 Å². The Bertz CT molecular complexity index is 664. The normalized spacial score (nSPS) is 12.2. The number of carboxylic acids is 1. The summed E-state index contributed by atoms with van der Waals surface area (Å²) >= 11 is 6.63. The molecule has 106 valence electrons. The summed E-state index contributed by atoms with van der Waals surface area (Å²) in [6, 6.07) is 2.50. The molecule has 2 N–H and O–H groups in total. The monoisotopic (exact) mass is 314 g/mol. The third-order valence-electron chi connectivity index (χ3n) is 2.52. The van der Waals surface area contributed by atoms with Crippen molar-refractivity contribution in [1.29, 1.82) is 0 Å². The minimum atomic E-state index is -1.03. The first-order valence-corrected chi connectivity index (χ1v) is 6.84. The molecule has 0 radical (unpaired) electrons. The highest BCUT2D eigenvalue weighted by Gasteiger charge is 2.20. The summed E-state index contributed by atoms with van der Waals surface area (Å²) in [5.41, 5.74) is 0.430. The molecule has 0 aromatic carbocycles. The molecule has 20 heavy (non-hydrogen) atoms. The van der Waals surface area contributed by atoms with Gasteiger partial charge in [-0.1, -0.05) is 0 Å². The van der Waals surface area contributed by atoms with Crippen molar-refractivity contribution in [1.82, 2.24) is 10.3 Å². The van der Waals surface area contributed by atoms with Crippen LogP contribution in [0.3, 0.4) is 0 Å². The van der Waals surface area contributed by atoms with Gasteiger partial charge < -0.3 is 14.8 Å². The highest BCUT2D eigenvalue weighted by atomic mass is 35.5. The number of hydrogen-bond acceptors (Lipinski definition) is 5. The fourth-order valence-corrected chi connectivity index (χ4v) is 2.62. The summed E-state index contributed by atoms with van der Waals surface area (Å²) in [4.78, 5) is 27.1. The first kappa shape index (κ1) is 14.5. The van der Waals surface area contributed by atoms with Crippen molar-refractivity contribution in [2.24, 2.45) is 0 Å². The van der Waals surface area contributed by atoms with E-state index in [2.05, 4.69) is 10.3 Å². The molecule has 0 aliphatic carbocycles. The Morgan fingerprint density at radius 3 is 2.70 bits per heavy atom. The number of amides is 1. The predicted molar refractivity (Wildman–Crippen MR) is 73.4 cm³/mol. The van der Waals surface area contributed by atoms with Gasteiger partial charge in [0.05, 0.1) is 11.7 Å². The molecular formula is C12H11ClN2O4S. The van der Waals surface area contributed by atoms with Crippen LogP contribution in [0.2, 0.25) is 5.22 Å². The molecule has 0 aliphatic rings. The van der Waals surface area contributed by atoms with Crippen LogP contribution >= 0.6 is 22.9 Å². The lowest BCUT2D eigenvalue weighted by Crippen LogP contribution is -2.26. The van der Waals surface area contributed by atoms with Gasteiger partial charge in [0.15, 0.2) is 11.0 Å². The number of thiazole rings is 1. The number of carbonyl (C=O) groups excluding carboxylic acids is 1. The lowest BCUT2D eigenvalue weighted by atomic mass is 10.3. The Kier molecular flexibility index (Phi) is 4.10. The highest BCUT2D eigenvalue weighted by molar-refractivity contribution is 7.13. The minimum Gasteiger partial charge on any atom is -0.477 e. The van der Waals surface area contributed by atoms with Gasteiger partial charge in [-0.2, -0.15) is 0 Å². The van der Waals surface area contributed by atoms with E-state index < -0.39 is 17.9 Å². The van der Waals surface area contributed by atoms with Gasteiger partial charge in [0.2, 0.25) is 0 Å². The molecule has 1 unspecified atom stereocenters. The van der Waals surface area contributed by atoms with Crippen molar-refractivity contribution >= 4 is 34.8 Å². The van der Waals surface area contributed by atoms with E-state index >= 15 is 0 Å². The number of aryl methyl sites for hydroxylation is 1. The molecular weight excluding hydrogens is 304 g/mol. The minimum absolute atomic E-state index is 0.0913. The molecule has 2 rings (SSSR count). The SMILES string of the molecule is Cc1nc(C(C)NC(=O)c2ccc(Cl)o2)sc1C(=O)O. The maximum Gasteiger partial charge on any atom is 0.347 e. The van der Waals surface area contributed by atoms with Crippen LogP contribution < -0.4 is 5.32 Å². The van der Waals surface area contributed by atoms with Crippen LogP contribution in [0.25, 0.3) is 0 Å².